The second-order valence-electron chi connectivity index (χ2n) is 11.5. The van der Waals surface area contributed by atoms with Gasteiger partial charge in [0, 0.05) is 31.8 Å². The van der Waals surface area contributed by atoms with E-state index >= 15 is 0 Å². The molecule has 2 saturated heterocycles. The van der Waals surface area contributed by atoms with Crippen LogP contribution in [-0.4, -0.2) is 62.3 Å². The Kier molecular flexibility index (Phi) is 8.25. The summed E-state index contributed by atoms with van der Waals surface area (Å²) in [6, 6.07) is 16.8. The van der Waals surface area contributed by atoms with E-state index < -0.39 is 0 Å². The Balaban J connectivity index is 1.37. The highest BCUT2D eigenvalue weighted by atomic mass is 19.1. The predicted molar refractivity (Wildman–Crippen MR) is 164 cm³/mol. The fourth-order valence-electron chi connectivity index (χ4n) is 6.57. The van der Waals surface area contributed by atoms with Gasteiger partial charge in [-0.2, -0.15) is 15.2 Å². The first-order chi connectivity index (χ1) is 20.9. The number of anilines is 2. The standard InChI is InChI=1S/C32H38FN9O/c1-4-26-18-40(30-28-31(38-32(37-30)39-35)41(21(3)36-28)19-27-6-5-15-43-27)20(2)17-42(26)29(24-11-13-25(33)14-12-24)23-9-7-22(16-34)8-10-23/h7-14,20,26-27,29H,4-6,15,17-19,35H2,1-3H3,(H,37,38,39)/t20-,26+,27?,29?/m0/s1. The quantitative estimate of drug-likeness (QED) is 0.225. The van der Waals surface area contributed by atoms with Crippen molar-refractivity contribution in [2.24, 2.45) is 5.84 Å². The average Bonchev–Trinajstić information content (AvgIpc) is 3.66. The maximum Gasteiger partial charge on any atom is 0.241 e. The topological polar surface area (TPSA) is 121 Å². The molecule has 0 aliphatic carbocycles. The zero-order valence-corrected chi connectivity index (χ0v) is 24.9. The summed E-state index contributed by atoms with van der Waals surface area (Å²) in [5, 5.41) is 9.37. The van der Waals surface area contributed by atoms with E-state index in [1.54, 1.807) is 0 Å². The molecule has 224 valence electrons. The van der Waals surface area contributed by atoms with Crippen molar-refractivity contribution in [1.29, 1.82) is 5.26 Å². The fraction of sp³-hybridized carbons (Fsp3) is 0.438. The molecule has 4 atom stereocenters. The fourth-order valence-corrected chi connectivity index (χ4v) is 6.57. The molecule has 2 aliphatic rings. The number of rotatable bonds is 8. The normalized spacial score (nSPS) is 21.7. The number of aryl methyl sites for hydroxylation is 1. The van der Waals surface area contributed by atoms with Crippen molar-refractivity contribution in [3.05, 3.63) is 76.9 Å². The smallest absolute Gasteiger partial charge is 0.241 e. The van der Waals surface area contributed by atoms with E-state index in [0.29, 0.717) is 24.6 Å². The molecule has 2 aromatic heterocycles. The Morgan fingerprint density at radius 3 is 2.44 bits per heavy atom. The van der Waals surface area contributed by atoms with Crippen molar-refractivity contribution in [3.8, 4) is 6.07 Å². The van der Waals surface area contributed by atoms with Crippen molar-refractivity contribution in [2.45, 2.75) is 70.8 Å². The number of fused-ring (bicyclic) bond motifs is 1. The number of hydrogen-bond donors (Lipinski definition) is 2. The van der Waals surface area contributed by atoms with Crippen LogP contribution in [0.5, 0.6) is 0 Å². The van der Waals surface area contributed by atoms with Crippen LogP contribution in [-0.2, 0) is 11.3 Å². The molecular weight excluding hydrogens is 545 g/mol. The van der Waals surface area contributed by atoms with Gasteiger partial charge in [-0.25, -0.2) is 15.2 Å². The summed E-state index contributed by atoms with van der Waals surface area (Å²) in [4.78, 5) is 19.3. The van der Waals surface area contributed by atoms with Gasteiger partial charge < -0.3 is 14.2 Å². The van der Waals surface area contributed by atoms with Crippen molar-refractivity contribution in [3.63, 3.8) is 0 Å². The number of nitrogens with zero attached hydrogens (tertiary/aromatic N) is 7. The third kappa shape index (κ3) is 5.66. The molecule has 0 bridgehead atoms. The monoisotopic (exact) mass is 583 g/mol. The molecule has 4 aromatic rings. The van der Waals surface area contributed by atoms with Crippen LogP contribution in [0.3, 0.4) is 0 Å². The number of piperazine rings is 1. The lowest BCUT2D eigenvalue weighted by Gasteiger charge is -2.49. The van der Waals surface area contributed by atoms with Crippen LogP contribution in [0, 0.1) is 24.1 Å². The van der Waals surface area contributed by atoms with Crippen LogP contribution in [0.25, 0.3) is 11.2 Å². The molecule has 0 saturated carbocycles. The first kappa shape index (κ1) is 29.0. The highest BCUT2D eigenvalue weighted by molar-refractivity contribution is 5.85. The Morgan fingerprint density at radius 1 is 1.09 bits per heavy atom. The minimum absolute atomic E-state index is 0.0662. The lowest BCUT2D eigenvalue weighted by Crippen LogP contribution is -2.58. The maximum absolute atomic E-state index is 14.0. The number of aromatic nitrogens is 4. The van der Waals surface area contributed by atoms with E-state index in [1.807, 2.05) is 43.3 Å². The molecule has 6 rings (SSSR count). The van der Waals surface area contributed by atoms with Gasteiger partial charge in [0.05, 0.1) is 30.3 Å². The summed E-state index contributed by atoms with van der Waals surface area (Å²) < 4.78 is 22.0. The number of imidazole rings is 1. The molecule has 2 fully saturated rings. The van der Waals surface area contributed by atoms with Crippen LogP contribution in [0.15, 0.2) is 48.5 Å². The van der Waals surface area contributed by atoms with Gasteiger partial charge >= 0.3 is 0 Å². The summed E-state index contributed by atoms with van der Waals surface area (Å²) in [6.45, 7) is 9.29. The number of hydrazine groups is 1. The van der Waals surface area contributed by atoms with E-state index in [4.69, 9.17) is 25.5 Å². The van der Waals surface area contributed by atoms with Crippen LogP contribution >= 0.6 is 0 Å². The summed E-state index contributed by atoms with van der Waals surface area (Å²) in [5.41, 5.74) is 6.85. The third-order valence-electron chi connectivity index (χ3n) is 8.81. The van der Waals surface area contributed by atoms with E-state index in [2.05, 4.69) is 39.7 Å². The minimum Gasteiger partial charge on any atom is -0.376 e. The zero-order chi connectivity index (χ0) is 30.1. The largest absolute Gasteiger partial charge is 0.376 e. The Hall–Kier alpha value is -4.11. The second kappa shape index (κ2) is 12.2. The SMILES string of the molecule is CC[C@@H]1CN(c2nc(NN)nc3c2nc(C)n3CC2CCCO2)[C@@H](C)CN1C(c1ccc(F)cc1)c1ccc(C#N)cc1. The van der Waals surface area contributed by atoms with Gasteiger partial charge in [-0.3, -0.25) is 10.3 Å². The highest BCUT2D eigenvalue weighted by Crippen LogP contribution is 2.37. The Bertz CT molecular complexity index is 1610. The molecule has 2 aliphatic heterocycles. The molecule has 0 radical (unpaired) electrons. The van der Waals surface area contributed by atoms with Gasteiger partial charge in [-0.05, 0) is 68.5 Å². The van der Waals surface area contributed by atoms with Gasteiger partial charge in [-0.1, -0.05) is 31.2 Å². The van der Waals surface area contributed by atoms with Crippen molar-refractivity contribution in [1.82, 2.24) is 24.4 Å². The average molecular weight is 584 g/mol. The molecular formula is C32H38FN9O. The Labute approximate surface area is 251 Å². The van der Waals surface area contributed by atoms with Crippen LogP contribution < -0.4 is 16.2 Å². The predicted octanol–water partition coefficient (Wildman–Crippen LogP) is 4.69. The molecule has 4 heterocycles. The van der Waals surface area contributed by atoms with E-state index in [-0.39, 0.29) is 30.0 Å². The minimum atomic E-state index is -0.265. The van der Waals surface area contributed by atoms with Crippen LogP contribution in [0.1, 0.15) is 61.7 Å². The summed E-state index contributed by atoms with van der Waals surface area (Å²) >= 11 is 0. The summed E-state index contributed by atoms with van der Waals surface area (Å²) in [7, 11) is 0. The van der Waals surface area contributed by atoms with Crippen molar-refractivity contribution in [2.75, 3.05) is 30.0 Å². The van der Waals surface area contributed by atoms with Crippen molar-refractivity contribution < 1.29 is 9.13 Å². The van der Waals surface area contributed by atoms with Crippen LogP contribution in [0.4, 0.5) is 16.2 Å². The molecule has 43 heavy (non-hydrogen) atoms. The molecule has 0 spiro atoms. The van der Waals surface area contributed by atoms with Crippen LogP contribution in [0.2, 0.25) is 0 Å². The number of nitrogens with two attached hydrogens (primary N) is 1. The summed E-state index contributed by atoms with van der Waals surface area (Å²) in [5.74, 6) is 7.57. The highest BCUT2D eigenvalue weighted by Gasteiger charge is 2.38. The van der Waals surface area contributed by atoms with Gasteiger partial charge in [0.1, 0.15) is 11.6 Å². The molecule has 0 amide bonds. The molecule has 2 unspecified atom stereocenters. The number of benzene rings is 2. The number of nitrogen functional groups attached to an aromatic ring is 1. The molecule has 3 N–H and O–H groups in total. The molecule has 2 aromatic carbocycles. The van der Waals surface area contributed by atoms with Gasteiger partial charge in [0.25, 0.3) is 0 Å². The second-order valence-corrected chi connectivity index (χ2v) is 11.5. The van der Waals surface area contributed by atoms with E-state index in [9.17, 15) is 9.65 Å². The van der Waals surface area contributed by atoms with Crippen molar-refractivity contribution >= 4 is 22.9 Å². The van der Waals surface area contributed by atoms with Gasteiger partial charge in [0.15, 0.2) is 17.0 Å². The van der Waals surface area contributed by atoms with Gasteiger partial charge in [-0.15, -0.1) is 0 Å². The number of hydrogen-bond acceptors (Lipinski definition) is 9. The number of nitriles is 1. The molecule has 10 nitrogen and oxygen atoms in total. The Morgan fingerprint density at radius 2 is 1.81 bits per heavy atom. The number of nitrogens with one attached hydrogen (secondary N) is 1. The number of halogens is 1. The lowest BCUT2D eigenvalue weighted by molar-refractivity contribution is 0.0973. The first-order valence-corrected chi connectivity index (χ1v) is 15.0. The van der Waals surface area contributed by atoms with Gasteiger partial charge in [0.2, 0.25) is 5.95 Å². The van der Waals surface area contributed by atoms with E-state index in [0.717, 1.165) is 66.3 Å². The lowest BCUT2D eigenvalue weighted by atomic mass is 9.92. The zero-order valence-electron chi connectivity index (χ0n) is 24.9. The maximum atomic E-state index is 14.0. The number of ether oxygens (including phenoxy) is 1. The first-order valence-electron chi connectivity index (χ1n) is 15.0. The van der Waals surface area contributed by atoms with E-state index in [1.165, 1.54) is 12.1 Å². The molecule has 11 heteroatoms. The third-order valence-corrected chi connectivity index (χ3v) is 8.81. The summed E-state index contributed by atoms with van der Waals surface area (Å²) in [6.07, 6.45) is 3.11.